The highest BCUT2D eigenvalue weighted by Gasteiger charge is 2.20. The smallest absolute Gasteiger partial charge is 0.323 e. The van der Waals surface area contributed by atoms with Crippen LogP contribution in [-0.4, -0.2) is 41.1 Å². The Morgan fingerprint density at radius 2 is 2.11 bits per heavy atom. The highest BCUT2D eigenvalue weighted by Crippen LogP contribution is 2.17. The number of halogens is 1. The van der Waals surface area contributed by atoms with Crippen LogP contribution in [0.3, 0.4) is 0 Å². The second-order valence-electron chi connectivity index (χ2n) is 4.26. The number of benzene rings is 1. The third-order valence-corrected chi connectivity index (χ3v) is 2.90. The molecule has 0 aliphatic rings. The van der Waals surface area contributed by atoms with Crippen molar-refractivity contribution in [1.82, 2.24) is 4.90 Å². The molecule has 0 spiro atoms. The predicted molar refractivity (Wildman–Crippen MR) is 74.1 cm³/mol. The van der Waals surface area contributed by atoms with Gasteiger partial charge in [0.2, 0.25) is 0 Å². The molecule has 5 nitrogen and oxygen atoms in total. The molecule has 1 N–H and O–H groups in total. The molecule has 0 saturated carbocycles. The van der Waals surface area contributed by atoms with Gasteiger partial charge in [-0.05, 0) is 32.0 Å². The van der Waals surface area contributed by atoms with Crippen LogP contribution in [0.2, 0.25) is 0 Å². The Morgan fingerprint density at radius 3 is 2.63 bits per heavy atom. The van der Waals surface area contributed by atoms with Gasteiger partial charge in [0, 0.05) is 10.5 Å². The molecule has 0 atom stereocenters. The Hall–Kier alpha value is -1.56. The van der Waals surface area contributed by atoms with Crippen molar-refractivity contribution in [3.63, 3.8) is 0 Å². The summed E-state index contributed by atoms with van der Waals surface area (Å²) in [7, 11) is 0. The first-order valence-corrected chi connectivity index (χ1v) is 6.59. The minimum atomic E-state index is -1.04. The molecule has 1 aromatic rings. The van der Waals surface area contributed by atoms with Crippen molar-refractivity contribution in [3.05, 3.63) is 28.7 Å². The first-order valence-electron chi connectivity index (χ1n) is 5.79. The summed E-state index contributed by atoms with van der Waals surface area (Å²) >= 11 is 3.30. The number of carbonyl (C=O) groups excluding carboxylic acids is 1. The first kappa shape index (κ1) is 15.5. The number of amides is 1. The molecule has 6 heteroatoms. The van der Waals surface area contributed by atoms with Gasteiger partial charge in [-0.25, -0.2) is 0 Å². The van der Waals surface area contributed by atoms with Crippen LogP contribution in [0.1, 0.15) is 13.8 Å². The van der Waals surface area contributed by atoms with Crippen molar-refractivity contribution < 1.29 is 19.4 Å². The molecule has 0 radical (unpaired) electrons. The average Bonchev–Trinajstić information content (AvgIpc) is 2.32. The summed E-state index contributed by atoms with van der Waals surface area (Å²) in [6, 6.07) is 6.93. The molecule has 0 aliphatic heterocycles. The van der Waals surface area contributed by atoms with E-state index in [2.05, 4.69) is 15.9 Å². The third kappa shape index (κ3) is 5.30. The van der Waals surface area contributed by atoms with Crippen LogP contribution in [0.25, 0.3) is 0 Å². The van der Waals surface area contributed by atoms with Gasteiger partial charge in [-0.15, -0.1) is 0 Å². The fourth-order valence-electron chi connectivity index (χ4n) is 1.49. The number of hydrogen-bond acceptors (Lipinski definition) is 3. The molecule has 0 fully saturated rings. The monoisotopic (exact) mass is 329 g/mol. The summed E-state index contributed by atoms with van der Waals surface area (Å²) in [6.45, 7) is 3.03. The largest absolute Gasteiger partial charge is 0.484 e. The number of carboxylic acids is 1. The predicted octanol–water partition coefficient (Wildman–Crippen LogP) is 2.15. The van der Waals surface area contributed by atoms with Gasteiger partial charge in [-0.3, -0.25) is 9.59 Å². The molecular weight excluding hydrogens is 314 g/mol. The van der Waals surface area contributed by atoms with Crippen LogP contribution in [-0.2, 0) is 9.59 Å². The zero-order valence-corrected chi connectivity index (χ0v) is 12.4. The molecule has 0 unspecified atom stereocenters. The molecular formula is C13H16BrNO4. The van der Waals surface area contributed by atoms with E-state index in [9.17, 15) is 9.59 Å². The van der Waals surface area contributed by atoms with E-state index in [1.807, 2.05) is 6.07 Å². The number of hydrogen-bond donors (Lipinski definition) is 1. The van der Waals surface area contributed by atoms with Crippen molar-refractivity contribution in [1.29, 1.82) is 0 Å². The maximum absolute atomic E-state index is 11.9. The van der Waals surface area contributed by atoms with Crippen LogP contribution in [0.4, 0.5) is 0 Å². The number of ether oxygens (including phenoxy) is 1. The molecule has 0 aliphatic carbocycles. The maximum Gasteiger partial charge on any atom is 0.323 e. The fraction of sp³-hybridized carbons (Fsp3) is 0.385. The molecule has 0 heterocycles. The molecule has 1 aromatic carbocycles. The minimum absolute atomic E-state index is 0.179. The van der Waals surface area contributed by atoms with Crippen LogP contribution in [0, 0.1) is 0 Å². The minimum Gasteiger partial charge on any atom is -0.484 e. The lowest BCUT2D eigenvalue weighted by Crippen LogP contribution is -2.43. The van der Waals surface area contributed by atoms with Crippen molar-refractivity contribution in [2.45, 2.75) is 19.9 Å². The number of aliphatic carboxylic acids is 1. The molecule has 19 heavy (non-hydrogen) atoms. The summed E-state index contributed by atoms with van der Waals surface area (Å²) in [4.78, 5) is 23.9. The lowest BCUT2D eigenvalue weighted by Gasteiger charge is -2.24. The van der Waals surface area contributed by atoms with E-state index < -0.39 is 5.97 Å². The lowest BCUT2D eigenvalue weighted by atomic mass is 10.3. The Labute approximate surface area is 120 Å². The quantitative estimate of drug-likeness (QED) is 0.868. The highest BCUT2D eigenvalue weighted by molar-refractivity contribution is 9.10. The third-order valence-electron chi connectivity index (χ3n) is 2.41. The SMILES string of the molecule is CC(C)N(CC(=O)O)C(=O)COc1cccc(Br)c1. The summed E-state index contributed by atoms with van der Waals surface area (Å²) in [6.07, 6.45) is 0. The summed E-state index contributed by atoms with van der Waals surface area (Å²) in [5, 5.41) is 8.76. The number of nitrogens with zero attached hydrogens (tertiary/aromatic N) is 1. The van der Waals surface area contributed by atoms with Gasteiger partial charge in [-0.1, -0.05) is 22.0 Å². The molecule has 1 amide bonds. The van der Waals surface area contributed by atoms with Crippen LogP contribution in [0.15, 0.2) is 28.7 Å². The van der Waals surface area contributed by atoms with Gasteiger partial charge in [-0.2, -0.15) is 0 Å². The van der Waals surface area contributed by atoms with Gasteiger partial charge in [0.15, 0.2) is 6.61 Å². The lowest BCUT2D eigenvalue weighted by molar-refractivity contribution is -0.146. The van der Waals surface area contributed by atoms with Gasteiger partial charge in [0.05, 0.1) is 0 Å². The van der Waals surface area contributed by atoms with E-state index in [-0.39, 0.29) is 25.1 Å². The highest BCUT2D eigenvalue weighted by atomic mass is 79.9. The summed E-state index contributed by atoms with van der Waals surface area (Å²) in [5.41, 5.74) is 0. The normalized spacial score (nSPS) is 10.3. The van der Waals surface area contributed by atoms with Gasteiger partial charge < -0.3 is 14.7 Å². The second-order valence-corrected chi connectivity index (χ2v) is 5.17. The second kappa shape index (κ2) is 7.13. The van der Waals surface area contributed by atoms with Crippen molar-refractivity contribution >= 4 is 27.8 Å². The number of carboxylic acid groups (broad SMARTS) is 1. The first-order chi connectivity index (χ1) is 8.90. The maximum atomic E-state index is 11.9. The molecule has 0 aromatic heterocycles. The Morgan fingerprint density at radius 1 is 1.42 bits per heavy atom. The van der Waals surface area contributed by atoms with E-state index in [0.29, 0.717) is 5.75 Å². The number of carbonyl (C=O) groups is 2. The number of rotatable bonds is 6. The molecule has 0 saturated heterocycles. The van der Waals surface area contributed by atoms with E-state index >= 15 is 0 Å². The zero-order chi connectivity index (χ0) is 14.4. The summed E-state index contributed by atoms with van der Waals surface area (Å²) in [5.74, 6) is -0.830. The zero-order valence-electron chi connectivity index (χ0n) is 10.8. The van der Waals surface area contributed by atoms with Crippen LogP contribution in [0.5, 0.6) is 5.75 Å². The van der Waals surface area contributed by atoms with Crippen molar-refractivity contribution in [2.75, 3.05) is 13.2 Å². The Kier molecular flexibility index (Phi) is 5.82. The van der Waals surface area contributed by atoms with E-state index in [4.69, 9.17) is 9.84 Å². The summed E-state index contributed by atoms with van der Waals surface area (Å²) < 4.78 is 6.20. The van der Waals surface area contributed by atoms with E-state index in [0.717, 1.165) is 4.47 Å². The van der Waals surface area contributed by atoms with E-state index in [1.165, 1.54) is 4.90 Å². The fourth-order valence-corrected chi connectivity index (χ4v) is 1.87. The molecule has 1 rings (SSSR count). The Bertz CT molecular complexity index is 462. The van der Waals surface area contributed by atoms with Gasteiger partial charge >= 0.3 is 5.97 Å². The van der Waals surface area contributed by atoms with Gasteiger partial charge in [0.1, 0.15) is 12.3 Å². The van der Waals surface area contributed by atoms with Crippen LogP contribution >= 0.6 is 15.9 Å². The van der Waals surface area contributed by atoms with Crippen molar-refractivity contribution in [3.8, 4) is 5.75 Å². The van der Waals surface area contributed by atoms with Gasteiger partial charge in [0.25, 0.3) is 5.91 Å². The molecule has 0 bridgehead atoms. The Balaban J connectivity index is 2.59. The topological polar surface area (TPSA) is 66.8 Å². The average molecular weight is 330 g/mol. The standard InChI is InChI=1S/C13H16BrNO4/c1-9(2)15(7-13(17)18)12(16)8-19-11-5-3-4-10(14)6-11/h3-6,9H,7-8H2,1-2H3,(H,17,18). The van der Waals surface area contributed by atoms with Crippen LogP contribution < -0.4 is 4.74 Å². The van der Waals surface area contributed by atoms with Crippen molar-refractivity contribution in [2.24, 2.45) is 0 Å². The molecule has 104 valence electrons. The van der Waals surface area contributed by atoms with E-state index in [1.54, 1.807) is 32.0 Å².